The molecule has 0 spiro atoms. The van der Waals surface area contributed by atoms with Gasteiger partial charge in [-0.3, -0.25) is 0 Å². The van der Waals surface area contributed by atoms with Crippen molar-refractivity contribution < 1.29 is 18.6 Å². The minimum atomic E-state index is -1.00. The van der Waals surface area contributed by atoms with E-state index >= 15 is 0 Å². The third-order valence-electron chi connectivity index (χ3n) is 2.74. The molecular formula is C13H18F2O2. The predicted molar refractivity (Wildman–Crippen MR) is 61.7 cm³/mol. The Bertz CT molecular complexity index is 380. The first kappa shape index (κ1) is 14.1. The van der Waals surface area contributed by atoms with E-state index in [1.165, 1.54) is 19.1 Å². The molecule has 1 aromatic carbocycles. The summed E-state index contributed by atoms with van der Waals surface area (Å²) in [5.41, 5.74) is 0.249. The Morgan fingerprint density at radius 1 is 1.29 bits per heavy atom. The summed E-state index contributed by atoms with van der Waals surface area (Å²) in [5, 5.41) is 9.85. The molecule has 4 heteroatoms. The van der Waals surface area contributed by atoms with Crippen molar-refractivity contribution in [3.63, 3.8) is 0 Å². The first-order valence-electron chi connectivity index (χ1n) is 5.58. The highest BCUT2D eigenvalue weighted by Crippen LogP contribution is 2.26. The van der Waals surface area contributed by atoms with Gasteiger partial charge in [0.2, 0.25) is 0 Å². The first-order valence-corrected chi connectivity index (χ1v) is 5.58. The molecular weight excluding hydrogens is 226 g/mol. The highest BCUT2D eigenvalue weighted by atomic mass is 19.2. The molecule has 0 fully saturated rings. The highest BCUT2D eigenvalue weighted by Gasteiger charge is 2.19. The Hall–Kier alpha value is -1.00. The van der Waals surface area contributed by atoms with E-state index in [1.54, 1.807) is 7.11 Å². The molecule has 1 N–H and O–H groups in total. The van der Waals surface area contributed by atoms with Gasteiger partial charge in [0, 0.05) is 19.3 Å². The second kappa shape index (κ2) is 6.07. The molecule has 0 aromatic heterocycles. The van der Waals surface area contributed by atoms with Crippen LogP contribution in [0.5, 0.6) is 0 Å². The molecule has 0 aliphatic carbocycles. The number of aliphatic hydroxyl groups is 1. The molecule has 0 saturated heterocycles. The van der Waals surface area contributed by atoms with E-state index in [9.17, 15) is 13.9 Å². The fraction of sp³-hybridized carbons (Fsp3) is 0.538. The molecule has 96 valence electrons. The summed E-state index contributed by atoms with van der Waals surface area (Å²) < 4.78 is 31.8. The van der Waals surface area contributed by atoms with Crippen LogP contribution in [0.4, 0.5) is 8.78 Å². The summed E-state index contributed by atoms with van der Waals surface area (Å²) >= 11 is 0. The molecule has 0 aliphatic heterocycles. The van der Waals surface area contributed by atoms with Crippen molar-refractivity contribution in [2.45, 2.75) is 26.4 Å². The van der Waals surface area contributed by atoms with Crippen molar-refractivity contribution in [2.24, 2.45) is 5.92 Å². The van der Waals surface area contributed by atoms with Crippen LogP contribution >= 0.6 is 0 Å². The van der Waals surface area contributed by atoms with E-state index < -0.39 is 17.7 Å². The lowest BCUT2D eigenvalue weighted by molar-refractivity contribution is 0.0992. The molecule has 0 saturated carbocycles. The van der Waals surface area contributed by atoms with Crippen molar-refractivity contribution in [1.29, 1.82) is 0 Å². The third-order valence-corrected chi connectivity index (χ3v) is 2.74. The summed E-state index contributed by atoms with van der Waals surface area (Å²) in [6, 6.07) is 2.90. The molecule has 2 atom stereocenters. The topological polar surface area (TPSA) is 29.5 Å². The number of benzene rings is 1. The van der Waals surface area contributed by atoms with Crippen LogP contribution in [0.2, 0.25) is 0 Å². The van der Waals surface area contributed by atoms with Gasteiger partial charge in [-0.1, -0.05) is 19.1 Å². The van der Waals surface area contributed by atoms with E-state index in [2.05, 4.69) is 0 Å². The fourth-order valence-corrected chi connectivity index (χ4v) is 1.78. The van der Waals surface area contributed by atoms with Gasteiger partial charge in [0.15, 0.2) is 11.6 Å². The fourth-order valence-electron chi connectivity index (χ4n) is 1.78. The van der Waals surface area contributed by atoms with Gasteiger partial charge in [0.1, 0.15) is 0 Å². The van der Waals surface area contributed by atoms with Gasteiger partial charge >= 0.3 is 0 Å². The van der Waals surface area contributed by atoms with Crippen LogP contribution < -0.4 is 0 Å². The van der Waals surface area contributed by atoms with Gasteiger partial charge in [0.05, 0.1) is 6.10 Å². The van der Waals surface area contributed by atoms with Gasteiger partial charge in [-0.25, -0.2) is 8.78 Å². The monoisotopic (exact) mass is 244 g/mol. The Morgan fingerprint density at radius 2 is 1.94 bits per heavy atom. The molecule has 1 rings (SSSR count). The number of aliphatic hydroxyl groups excluding tert-OH is 1. The normalized spacial score (nSPS) is 14.7. The Labute approximate surface area is 100 Å². The van der Waals surface area contributed by atoms with E-state index in [1.807, 2.05) is 6.92 Å². The summed E-state index contributed by atoms with van der Waals surface area (Å²) in [4.78, 5) is 0. The minimum absolute atomic E-state index is 0.0102. The van der Waals surface area contributed by atoms with E-state index in [4.69, 9.17) is 4.74 Å². The standard InChI is InChI=1S/C13H18F2O2/c1-8(7-17-3)6-11(16)10-5-4-9(2)12(14)13(10)15/h4-5,8,11,16H,6-7H2,1-3H3. The molecule has 0 radical (unpaired) electrons. The first-order chi connectivity index (χ1) is 7.97. The highest BCUT2D eigenvalue weighted by molar-refractivity contribution is 5.27. The van der Waals surface area contributed by atoms with E-state index in [-0.39, 0.29) is 17.0 Å². The smallest absolute Gasteiger partial charge is 0.164 e. The number of aryl methyl sites for hydroxylation is 1. The van der Waals surface area contributed by atoms with Crippen molar-refractivity contribution in [1.82, 2.24) is 0 Å². The van der Waals surface area contributed by atoms with Gasteiger partial charge in [-0.2, -0.15) is 0 Å². The van der Waals surface area contributed by atoms with Crippen LogP contribution in [0, 0.1) is 24.5 Å². The molecule has 17 heavy (non-hydrogen) atoms. The van der Waals surface area contributed by atoms with Gasteiger partial charge < -0.3 is 9.84 Å². The van der Waals surface area contributed by atoms with Crippen LogP contribution in [-0.2, 0) is 4.74 Å². The predicted octanol–water partition coefficient (Wildman–Crippen LogP) is 2.98. The Balaban J connectivity index is 2.82. The quantitative estimate of drug-likeness (QED) is 0.862. The SMILES string of the molecule is COCC(C)CC(O)c1ccc(C)c(F)c1F. The van der Waals surface area contributed by atoms with Crippen LogP contribution in [-0.4, -0.2) is 18.8 Å². The zero-order valence-corrected chi connectivity index (χ0v) is 10.3. The number of halogens is 2. The zero-order valence-electron chi connectivity index (χ0n) is 10.3. The van der Waals surface area contributed by atoms with Crippen LogP contribution in [0.1, 0.15) is 30.6 Å². The van der Waals surface area contributed by atoms with Gasteiger partial charge in [0.25, 0.3) is 0 Å². The van der Waals surface area contributed by atoms with E-state index in [0.717, 1.165) is 0 Å². The van der Waals surface area contributed by atoms with Crippen molar-refractivity contribution >= 4 is 0 Å². The lowest BCUT2D eigenvalue weighted by Gasteiger charge is -2.17. The maximum absolute atomic E-state index is 13.6. The Morgan fingerprint density at radius 3 is 2.53 bits per heavy atom. The number of ether oxygens (including phenoxy) is 1. The Kier molecular flexibility index (Phi) is 5.02. The van der Waals surface area contributed by atoms with Crippen LogP contribution in [0.25, 0.3) is 0 Å². The number of hydrogen-bond acceptors (Lipinski definition) is 2. The molecule has 2 nitrogen and oxygen atoms in total. The van der Waals surface area contributed by atoms with E-state index in [0.29, 0.717) is 13.0 Å². The lowest BCUT2D eigenvalue weighted by atomic mass is 9.97. The number of methoxy groups -OCH3 is 1. The number of hydrogen-bond donors (Lipinski definition) is 1. The van der Waals surface area contributed by atoms with Crippen LogP contribution in [0.15, 0.2) is 12.1 Å². The summed E-state index contributed by atoms with van der Waals surface area (Å²) in [7, 11) is 1.56. The summed E-state index contributed by atoms with van der Waals surface area (Å²) in [6.07, 6.45) is -0.664. The third kappa shape index (κ3) is 3.48. The maximum Gasteiger partial charge on any atom is 0.164 e. The summed E-state index contributed by atoms with van der Waals surface area (Å²) in [6.45, 7) is 3.85. The second-order valence-corrected chi connectivity index (χ2v) is 4.41. The largest absolute Gasteiger partial charge is 0.388 e. The maximum atomic E-state index is 13.6. The number of rotatable bonds is 5. The van der Waals surface area contributed by atoms with Gasteiger partial charge in [-0.15, -0.1) is 0 Å². The zero-order chi connectivity index (χ0) is 13.0. The van der Waals surface area contributed by atoms with Crippen molar-refractivity contribution in [3.05, 3.63) is 34.9 Å². The lowest BCUT2D eigenvalue weighted by Crippen LogP contribution is -2.11. The molecule has 0 bridgehead atoms. The molecule has 2 unspecified atom stereocenters. The summed E-state index contributed by atoms with van der Waals surface area (Å²) in [5.74, 6) is -1.76. The average molecular weight is 244 g/mol. The second-order valence-electron chi connectivity index (χ2n) is 4.41. The molecule has 0 aliphatic rings. The average Bonchev–Trinajstić information content (AvgIpc) is 2.26. The minimum Gasteiger partial charge on any atom is -0.388 e. The molecule has 1 aromatic rings. The van der Waals surface area contributed by atoms with Gasteiger partial charge in [-0.05, 0) is 24.8 Å². The molecule has 0 heterocycles. The molecule has 0 amide bonds. The van der Waals surface area contributed by atoms with Crippen molar-refractivity contribution in [2.75, 3.05) is 13.7 Å². The van der Waals surface area contributed by atoms with Crippen LogP contribution in [0.3, 0.4) is 0 Å². The van der Waals surface area contributed by atoms with Crippen molar-refractivity contribution in [3.8, 4) is 0 Å².